The van der Waals surface area contributed by atoms with E-state index in [1.165, 1.54) is 0 Å². The first-order chi connectivity index (χ1) is 15.5. The first kappa shape index (κ1) is 21.3. The first-order valence-electron chi connectivity index (χ1n) is 10.8. The van der Waals surface area contributed by atoms with Gasteiger partial charge >= 0.3 is 0 Å². The van der Waals surface area contributed by atoms with E-state index >= 15 is 0 Å². The number of nitrogens with one attached hydrogen (secondary N) is 1. The fraction of sp³-hybridized carbons (Fsp3) is 0.222. The number of allylic oxidation sites excluding steroid dienone is 1. The van der Waals surface area contributed by atoms with E-state index in [-0.39, 0.29) is 11.3 Å². The highest BCUT2D eigenvalue weighted by Crippen LogP contribution is 2.30. The molecule has 1 aromatic heterocycles. The molecule has 1 amide bonds. The molecule has 0 spiro atoms. The number of hydrogen-bond donors (Lipinski definition) is 1. The molecule has 1 aliphatic rings. The van der Waals surface area contributed by atoms with Crippen molar-refractivity contribution in [2.24, 2.45) is 10.4 Å². The summed E-state index contributed by atoms with van der Waals surface area (Å²) in [6, 6.07) is 17.2. The molecule has 0 radical (unpaired) electrons. The summed E-state index contributed by atoms with van der Waals surface area (Å²) in [5.41, 5.74) is 4.21. The van der Waals surface area contributed by atoms with E-state index in [2.05, 4.69) is 47.2 Å². The van der Waals surface area contributed by atoms with Crippen LogP contribution in [0.3, 0.4) is 0 Å². The average molecular weight is 423 g/mol. The van der Waals surface area contributed by atoms with Crippen LogP contribution in [0.15, 0.2) is 84.3 Å². The summed E-state index contributed by atoms with van der Waals surface area (Å²) >= 11 is 0. The molecule has 2 heterocycles. The molecule has 3 aromatic rings. The Kier molecular flexibility index (Phi) is 6.32. The molecule has 2 aromatic carbocycles. The van der Waals surface area contributed by atoms with Gasteiger partial charge in [0.15, 0.2) is 0 Å². The maximum Gasteiger partial charge on any atom is 0.251 e. The Hall–Kier alpha value is -3.91. The van der Waals surface area contributed by atoms with Gasteiger partial charge < -0.3 is 5.32 Å². The van der Waals surface area contributed by atoms with E-state index in [1.54, 1.807) is 10.9 Å². The van der Waals surface area contributed by atoms with E-state index < -0.39 is 0 Å². The normalized spacial score (nSPS) is 16.9. The molecule has 0 fully saturated rings. The van der Waals surface area contributed by atoms with Crippen LogP contribution in [-0.2, 0) is 0 Å². The number of benzene rings is 2. The van der Waals surface area contributed by atoms with Crippen molar-refractivity contribution in [1.82, 2.24) is 15.1 Å². The van der Waals surface area contributed by atoms with Crippen LogP contribution >= 0.6 is 0 Å². The topological polar surface area (TPSA) is 59.3 Å². The summed E-state index contributed by atoms with van der Waals surface area (Å²) in [5.74, 6) is 6.30. The molecule has 4 rings (SSSR count). The van der Waals surface area contributed by atoms with Gasteiger partial charge in [0, 0.05) is 47.4 Å². The summed E-state index contributed by atoms with van der Waals surface area (Å²) < 4.78 is 1.76. The van der Waals surface area contributed by atoms with Gasteiger partial charge in [0.2, 0.25) is 0 Å². The fourth-order valence-electron chi connectivity index (χ4n) is 3.65. The molecule has 1 N–H and O–H groups in total. The van der Waals surface area contributed by atoms with E-state index in [1.807, 2.05) is 67.0 Å². The second-order valence-corrected chi connectivity index (χ2v) is 8.11. The van der Waals surface area contributed by atoms with Crippen molar-refractivity contribution in [2.75, 3.05) is 6.54 Å². The fourth-order valence-corrected chi connectivity index (χ4v) is 3.65. The van der Waals surface area contributed by atoms with E-state index in [0.29, 0.717) is 12.1 Å². The van der Waals surface area contributed by atoms with Crippen molar-refractivity contribution >= 4 is 11.6 Å². The van der Waals surface area contributed by atoms with Crippen LogP contribution in [0.1, 0.15) is 48.2 Å². The van der Waals surface area contributed by atoms with E-state index in [4.69, 9.17) is 0 Å². The lowest BCUT2D eigenvalue weighted by atomic mass is 9.82. The molecular weight excluding hydrogens is 396 g/mol. The number of hydrogen-bond acceptors (Lipinski definition) is 3. The zero-order valence-corrected chi connectivity index (χ0v) is 18.4. The smallest absolute Gasteiger partial charge is 0.251 e. The van der Waals surface area contributed by atoms with Gasteiger partial charge in [-0.15, -0.1) is 0 Å². The number of carbonyl (C=O) groups is 1. The van der Waals surface area contributed by atoms with Gasteiger partial charge in [0.05, 0.1) is 11.3 Å². The largest absolute Gasteiger partial charge is 0.352 e. The van der Waals surface area contributed by atoms with Crippen molar-refractivity contribution in [3.63, 3.8) is 0 Å². The molecule has 1 atom stereocenters. The summed E-state index contributed by atoms with van der Waals surface area (Å²) in [5, 5.41) is 7.36. The van der Waals surface area contributed by atoms with Crippen molar-refractivity contribution < 1.29 is 4.79 Å². The van der Waals surface area contributed by atoms with Gasteiger partial charge in [-0.1, -0.05) is 43.0 Å². The highest BCUT2D eigenvalue weighted by molar-refractivity contribution is 5.95. The number of aliphatic imine (C=N–C) groups is 1. The Balaban J connectivity index is 1.48. The van der Waals surface area contributed by atoms with Crippen molar-refractivity contribution in [1.29, 1.82) is 0 Å². The lowest BCUT2D eigenvalue weighted by Gasteiger charge is -2.22. The zero-order chi connectivity index (χ0) is 22.4. The highest BCUT2D eigenvalue weighted by Gasteiger charge is 2.26. The number of carbonyl (C=O) groups excluding carboxylic acids is 1. The molecule has 160 valence electrons. The third-order valence-electron chi connectivity index (χ3n) is 5.82. The Bertz CT molecular complexity index is 1210. The monoisotopic (exact) mass is 422 g/mol. The molecule has 0 aliphatic carbocycles. The zero-order valence-electron chi connectivity index (χ0n) is 18.4. The predicted molar refractivity (Wildman–Crippen MR) is 128 cm³/mol. The van der Waals surface area contributed by atoms with Crippen molar-refractivity contribution in [3.05, 3.63) is 96.0 Å². The van der Waals surface area contributed by atoms with Crippen LogP contribution in [0.5, 0.6) is 0 Å². The van der Waals surface area contributed by atoms with Gasteiger partial charge in [-0.3, -0.25) is 9.79 Å². The average Bonchev–Trinajstić information content (AvgIpc) is 3.46. The summed E-state index contributed by atoms with van der Waals surface area (Å²) in [4.78, 5) is 17.1. The third-order valence-corrected chi connectivity index (χ3v) is 5.82. The number of rotatable bonds is 6. The lowest BCUT2D eigenvalue weighted by Crippen LogP contribution is -2.27. The van der Waals surface area contributed by atoms with Gasteiger partial charge in [-0.2, -0.15) is 5.10 Å². The molecule has 1 aliphatic heterocycles. The standard InChI is InChI=1S/C27H26N4O/c1-21-27(2,15-18-28-21)14-6-16-29-26(32)24-12-13-25(31-19-7-17-30-31)23(20-24)11-10-22-8-4-3-5-9-22/h3-5,7-9,12-13,15,17-20H,6,14,16H2,1-2H3,(H,29,32). The Morgan fingerprint density at radius 2 is 1.97 bits per heavy atom. The van der Waals surface area contributed by atoms with Gasteiger partial charge in [0.25, 0.3) is 5.91 Å². The van der Waals surface area contributed by atoms with Crippen molar-refractivity contribution in [3.8, 4) is 17.5 Å². The molecular formula is C27H26N4O. The Labute approximate surface area is 188 Å². The molecule has 5 heteroatoms. The maximum atomic E-state index is 12.8. The number of aromatic nitrogens is 2. The molecule has 5 nitrogen and oxygen atoms in total. The minimum Gasteiger partial charge on any atom is -0.352 e. The van der Waals surface area contributed by atoms with Crippen LogP contribution in [0, 0.1) is 17.3 Å². The van der Waals surface area contributed by atoms with Crippen molar-refractivity contribution in [2.45, 2.75) is 26.7 Å². The number of amides is 1. The third kappa shape index (κ3) is 4.87. The van der Waals surface area contributed by atoms with Crippen LogP contribution in [0.25, 0.3) is 5.69 Å². The van der Waals surface area contributed by atoms with Crippen LogP contribution in [0.2, 0.25) is 0 Å². The summed E-state index contributed by atoms with van der Waals surface area (Å²) in [6.07, 6.45) is 9.42. The maximum absolute atomic E-state index is 12.8. The van der Waals surface area contributed by atoms with Crippen LogP contribution in [-0.4, -0.2) is 27.9 Å². The SMILES string of the molecule is CC1=NC=CC1(C)CCCNC(=O)c1ccc(-n2cccn2)c(C#Cc2ccccc2)c1. The van der Waals surface area contributed by atoms with Gasteiger partial charge in [-0.05, 0) is 56.2 Å². The molecule has 0 saturated carbocycles. The lowest BCUT2D eigenvalue weighted by molar-refractivity contribution is 0.0952. The second kappa shape index (κ2) is 9.49. The molecule has 1 unspecified atom stereocenters. The minimum absolute atomic E-state index is 0.00363. The molecule has 0 bridgehead atoms. The van der Waals surface area contributed by atoms with Crippen LogP contribution < -0.4 is 5.32 Å². The summed E-state index contributed by atoms with van der Waals surface area (Å²) in [6.45, 7) is 4.85. The minimum atomic E-state index is -0.0997. The Morgan fingerprint density at radius 1 is 1.12 bits per heavy atom. The van der Waals surface area contributed by atoms with Gasteiger partial charge in [0.1, 0.15) is 0 Å². The Morgan fingerprint density at radius 3 is 2.69 bits per heavy atom. The summed E-state index contributed by atoms with van der Waals surface area (Å²) in [7, 11) is 0. The predicted octanol–water partition coefficient (Wildman–Crippen LogP) is 4.78. The van der Waals surface area contributed by atoms with Crippen LogP contribution in [0.4, 0.5) is 0 Å². The second-order valence-electron chi connectivity index (χ2n) is 8.11. The van der Waals surface area contributed by atoms with E-state index in [0.717, 1.165) is 35.4 Å². The molecule has 0 saturated heterocycles. The van der Waals surface area contributed by atoms with E-state index in [9.17, 15) is 4.79 Å². The quantitative estimate of drug-likeness (QED) is 0.459. The molecule has 32 heavy (non-hydrogen) atoms. The number of nitrogens with zero attached hydrogens (tertiary/aromatic N) is 3. The van der Waals surface area contributed by atoms with Gasteiger partial charge in [-0.25, -0.2) is 4.68 Å². The first-order valence-corrected chi connectivity index (χ1v) is 10.8. The highest BCUT2D eigenvalue weighted by atomic mass is 16.1.